The largest absolute Gasteiger partial charge is 0.338 e. The number of hydrogen-bond donors (Lipinski definition) is 0. The summed E-state index contributed by atoms with van der Waals surface area (Å²) in [5.74, 6) is -0.306. The molecule has 2 rings (SSSR count). The number of carbonyl (C=O) groups excluding carboxylic acids is 1. The van der Waals surface area contributed by atoms with Gasteiger partial charge >= 0.3 is 0 Å². The van der Waals surface area contributed by atoms with Gasteiger partial charge in [-0.25, -0.2) is 4.39 Å². The minimum absolute atomic E-state index is 0.0545. The van der Waals surface area contributed by atoms with Crippen LogP contribution in [0, 0.1) is 12.7 Å². The van der Waals surface area contributed by atoms with Gasteiger partial charge in [0.2, 0.25) is 11.7 Å². The van der Waals surface area contributed by atoms with E-state index >= 15 is 0 Å². The van der Waals surface area contributed by atoms with Gasteiger partial charge in [-0.3, -0.25) is 4.79 Å². The van der Waals surface area contributed by atoms with Gasteiger partial charge in [0.05, 0.1) is 5.92 Å². The Morgan fingerprint density at radius 1 is 1.44 bits per heavy atom. The van der Waals surface area contributed by atoms with Crippen LogP contribution < -0.4 is 0 Å². The number of ketones is 1. The minimum Gasteiger partial charge on any atom is -0.338 e. The zero-order valence-electron chi connectivity index (χ0n) is 10.4. The fourth-order valence-corrected chi connectivity index (χ4v) is 1.53. The van der Waals surface area contributed by atoms with Crippen molar-refractivity contribution in [3.8, 4) is 11.4 Å². The van der Waals surface area contributed by atoms with Crippen LogP contribution >= 0.6 is 0 Å². The highest BCUT2D eigenvalue weighted by Gasteiger charge is 2.19. The summed E-state index contributed by atoms with van der Waals surface area (Å²) in [5.41, 5.74) is 1.42. The Balaban J connectivity index is 2.41. The maximum absolute atomic E-state index is 13.2. The van der Waals surface area contributed by atoms with Crippen molar-refractivity contribution in [1.29, 1.82) is 0 Å². The molecule has 5 heteroatoms. The van der Waals surface area contributed by atoms with Crippen LogP contribution in [0.3, 0.4) is 0 Å². The Kier molecular flexibility index (Phi) is 3.23. The fourth-order valence-electron chi connectivity index (χ4n) is 1.53. The van der Waals surface area contributed by atoms with Crippen LogP contribution in [0.5, 0.6) is 0 Å². The van der Waals surface area contributed by atoms with Crippen molar-refractivity contribution < 1.29 is 13.7 Å². The van der Waals surface area contributed by atoms with Crippen LogP contribution in [0.1, 0.15) is 31.2 Å². The van der Waals surface area contributed by atoms with Crippen LogP contribution in [0.25, 0.3) is 11.4 Å². The Labute approximate surface area is 104 Å². The molecule has 0 amide bonds. The van der Waals surface area contributed by atoms with Gasteiger partial charge in [-0.15, -0.1) is 0 Å². The monoisotopic (exact) mass is 248 g/mol. The molecule has 0 spiro atoms. The molecule has 0 radical (unpaired) electrons. The van der Waals surface area contributed by atoms with E-state index in [1.54, 1.807) is 13.0 Å². The predicted molar refractivity (Wildman–Crippen MR) is 63.5 cm³/mol. The zero-order chi connectivity index (χ0) is 13.3. The molecule has 0 N–H and O–H groups in total. The maximum atomic E-state index is 13.2. The summed E-state index contributed by atoms with van der Waals surface area (Å²) < 4.78 is 18.2. The van der Waals surface area contributed by atoms with Crippen LogP contribution in [-0.4, -0.2) is 15.9 Å². The molecule has 1 aromatic heterocycles. The van der Waals surface area contributed by atoms with E-state index in [0.29, 0.717) is 11.4 Å². The Hall–Kier alpha value is -2.04. The summed E-state index contributed by atoms with van der Waals surface area (Å²) >= 11 is 0. The second-order valence-corrected chi connectivity index (χ2v) is 4.25. The van der Waals surface area contributed by atoms with Crippen molar-refractivity contribution in [3.63, 3.8) is 0 Å². The van der Waals surface area contributed by atoms with Gasteiger partial charge in [-0.05, 0) is 38.5 Å². The van der Waals surface area contributed by atoms with Crippen molar-refractivity contribution in [3.05, 3.63) is 35.5 Å². The molecule has 0 aliphatic carbocycles. The average molecular weight is 248 g/mol. The number of benzene rings is 1. The lowest BCUT2D eigenvalue weighted by molar-refractivity contribution is -0.118. The first kappa shape index (κ1) is 12.4. The van der Waals surface area contributed by atoms with E-state index in [9.17, 15) is 9.18 Å². The van der Waals surface area contributed by atoms with E-state index in [-0.39, 0.29) is 17.5 Å². The van der Waals surface area contributed by atoms with E-state index in [1.165, 1.54) is 19.1 Å². The molecule has 18 heavy (non-hydrogen) atoms. The Morgan fingerprint density at radius 2 is 2.17 bits per heavy atom. The molecule has 94 valence electrons. The second kappa shape index (κ2) is 4.68. The van der Waals surface area contributed by atoms with Crippen LogP contribution in [-0.2, 0) is 4.79 Å². The summed E-state index contributed by atoms with van der Waals surface area (Å²) in [6.45, 7) is 4.99. The average Bonchev–Trinajstić information content (AvgIpc) is 2.80. The molecular weight excluding hydrogens is 235 g/mol. The number of carbonyl (C=O) groups is 1. The lowest BCUT2D eigenvalue weighted by atomic mass is 10.1. The SMILES string of the molecule is CC(=O)C(C)c1nc(-c2cc(F)ccc2C)no1. The van der Waals surface area contributed by atoms with Gasteiger partial charge < -0.3 is 4.52 Å². The quantitative estimate of drug-likeness (QED) is 0.838. The van der Waals surface area contributed by atoms with E-state index in [2.05, 4.69) is 10.1 Å². The molecule has 0 saturated carbocycles. The fraction of sp³-hybridized carbons (Fsp3) is 0.308. The standard InChI is InChI=1S/C13H13FN2O2/c1-7-4-5-10(14)6-11(7)12-15-13(18-16-12)8(2)9(3)17/h4-6,8H,1-3H3. The topological polar surface area (TPSA) is 56.0 Å². The normalized spacial score (nSPS) is 12.4. The van der Waals surface area contributed by atoms with Gasteiger partial charge in [0.15, 0.2) is 0 Å². The molecule has 0 saturated heterocycles. The summed E-state index contributed by atoms with van der Waals surface area (Å²) in [6.07, 6.45) is 0. The molecule has 1 heterocycles. The van der Waals surface area contributed by atoms with Gasteiger partial charge in [0.1, 0.15) is 11.6 Å². The number of halogens is 1. The molecule has 4 nitrogen and oxygen atoms in total. The Bertz CT molecular complexity index is 592. The molecule has 2 aromatic rings. The van der Waals surface area contributed by atoms with Gasteiger partial charge in [0.25, 0.3) is 0 Å². The third kappa shape index (κ3) is 2.30. The first-order valence-electron chi connectivity index (χ1n) is 5.59. The van der Waals surface area contributed by atoms with E-state index < -0.39 is 5.92 Å². The lowest BCUT2D eigenvalue weighted by Crippen LogP contribution is -2.04. The summed E-state index contributed by atoms with van der Waals surface area (Å²) in [4.78, 5) is 15.4. The smallest absolute Gasteiger partial charge is 0.237 e. The highest BCUT2D eigenvalue weighted by molar-refractivity contribution is 5.81. The number of Topliss-reactive ketones (excluding diaryl/α,β-unsaturated/α-hetero) is 1. The Morgan fingerprint density at radius 3 is 2.83 bits per heavy atom. The van der Waals surface area contributed by atoms with Crippen molar-refractivity contribution in [2.24, 2.45) is 0 Å². The lowest BCUT2D eigenvalue weighted by Gasteiger charge is -2.00. The summed E-state index contributed by atoms with van der Waals surface area (Å²) in [6, 6.07) is 4.37. The minimum atomic E-state index is -0.444. The highest BCUT2D eigenvalue weighted by Crippen LogP contribution is 2.23. The molecule has 1 unspecified atom stereocenters. The second-order valence-electron chi connectivity index (χ2n) is 4.25. The molecule has 0 aliphatic rings. The summed E-state index contributed by atoms with van der Waals surface area (Å²) in [7, 11) is 0. The first-order valence-corrected chi connectivity index (χ1v) is 5.59. The maximum Gasteiger partial charge on any atom is 0.237 e. The third-order valence-corrected chi connectivity index (χ3v) is 2.86. The number of aromatic nitrogens is 2. The molecule has 1 atom stereocenters. The zero-order valence-corrected chi connectivity index (χ0v) is 10.4. The highest BCUT2D eigenvalue weighted by atomic mass is 19.1. The van der Waals surface area contributed by atoms with Crippen LogP contribution in [0.4, 0.5) is 4.39 Å². The van der Waals surface area contributed by atoms with E-state index in [4.69, 9.17) is 4.52 Å². The van der Waals surface area contributed by atoms with Crippen LogP contribution in [0.15, 0.2) is 22.7 Å². The van der Waals surface area contributed by atoms with Crippen molar-refractivity contribution >= 4 is 5.78 Å². The number of aryl methyl sites for hydroxylation is 1. The number of hydrogen-bond acceptors (Lipinski definition) is 4. The van der Waals surface area contributed by atoms with Crippen molar-refractivity contribution in [2.45, 2.75) is 26.7 Å². The predicted octanol–water partition coefficient (Wildman–Crippen LogP) is 2.88. The van der Waals surface area contributed by atoms with E-state index in [0.717, 1.165) is 5.56 Å². The molecule has 0 aliphatic heterocycles. The van der Waals surface area contributed by atoms with Crippen molar-refractivity contribution in [1.82, 2.24) is 10.1 Å². The summed E-state index contributed by atoms with van der Waals surface area (Å²) in [5, 5.41) is 3.79. The number of rotatable bonds is 3. The van der Waals surface area contributed by atoms with E-state index in [1.807, 2.05) is 6.92 Å². The molecule has 1 aromatic carbocycles. The van der Waals surface area contributed by atoms with Crippen molar-refractivity contribution in [2.75, 3.05) is 0 Å². The van der Waals surface area contributed by atoms with Gasteiger partial charge in [0, 0.05) is 5.56 Å². The third-order valence-electron chi connectivity index (χ3n) is 2.86. The van der Waals surface area contributed by atoms with Gasteiger partial charge in [-0.2, -0.15) is 4.98 Å². The molecular formula is C13H13FN2O2. The van der Waals surface area contributed by atoms with Crippen LogP contribution in [0.2, 0.25) is 0 Å². The first-order chi connectivity index (χ1) is 8.49. The molecule has 0 fully saturated rings. The van der Waals surface area contributed by atoms with Gasteiger partial charge in [-0.1, -0.05) is 11.2 Å². The molecule has 0 bridgehead atoms. The number of nitrogens with zero attached hydrogens (tertiary/aromatic N) is 2.